The number of carbonyl (C=O) groups is 1. The van der Waals surface area contributed by atoms with Crippen LogP contribution in [-0.4, -0.2) is 70.0 Å². The van der Waals surface area contributed by atoms with Crippen molar-refractivity contribution in [2.45, 2.75) is 32.2 Å². The van der Waals surface area contributed by atoms with E-state index >= 15 is 0 Å². The van der Waals surface area contributed by atoms with E-state index < -0.39 is 10.0 Å². The zero-order valence-electron chi connectivity index (χ0n) is 16.6. The van der Waals surface area contributed by atoms with Gasteiger partial charge in [0.15, 0.2) is 0 Å². The van der Waals surface area contributed by atoms with Gasteiger partial charge in [0.05, 0.1) is 24.7 Å². The van der Waals surface area contributed by atoms with Crippen LogP contribution in [0.3, 0.4) is 0 Å². The molecule has 0 radical (unpaired) electrons. The van der Waals surface area contributed by atoms with Crippen molar-refractivity contribution < 1.29 is 17.9 Å². The molecule has 2 aliphatic rings. The summed E-state index contributed by atoms with van der Waals surface area (Å²) >= 11 is 0. The molecule has 1 aromatic rings. The summed E-state index contributed by atoms with van der Waals surface area (Å²) in [6.45, 7) is 8.51. The monoisotopic (exact) mass is 410 g/mol. The van der Waals surface area contributed by atoms with Crippen molar-refractivity contribution in [3.05, 3.63) is 24.3 Å². The molecule has 2 aliphatic heterocycles. The molecule has 28 heavy (non-hydrogen) atoms. The summed E-state index contributed by atoms with van der Waals surface area (Å²) in [5.41, 5.74) is 1.14. The first kappa shape index (κ1) is 20.9. The van der Waals surface area contributed by atoms with Gasteiger partial charge in [0.1, 0.15) is 0 Å². The number of benzene rings is 1. The second-order valence-corrected chi connectivity index (χ2v) is 9.56. The standard InChI is InChI=1S/C19H30N4O4S/c1-3-19(2,22-10-12-27-13-11-22)15-20-18(24)21-16-5-7-17(8-6-16)23-9-4-14-28(23,25)26/h5-8H,3-4,9-15H2,1-2H3,(H2,20,21,24). The van der Waals surface area contributed by atoms with E-state index in [-0.39, 0.29) is 17.3 Å². The number of anilines is 2. The molecule has 0 spiro atoms. The summed E-state index contributed by atoms with van der Waals surface area (Å²) in [5.74, 6) is 0.189. The summed E-state index contributed by atoms with van der Waals surface area (Å²) in [6, 6.07) is 6.63. The van der Waals surface area contributed by atoms with Gasteiger partial charge in [0.25, 0.3) is 0 Å². The normalized spacial score (nSPS) is 21.9. The fourth-order valence-electron chi connectivity index (χ4n) is 3.65. The molecule has 156 valence electrons. The van der Waals surface area contributed by atoms with Crippen LogP contribution < -0.4 is 14.9 Å². The fourth-order valence-corrected chi connectivity index (χ4v) is 5.21. The Kier molecular flexibility index (Phi) is 6.47. The highest BCUT2D eigenvalue weighted by Gasteiger charge is 2.32. The van der Waals surface area contributed by atoms with Gasteiger partial charge in [-0.05, 0) is 44.0 Å². The molecule has 2 fully saturated rings. The predicted octanol–water partition coefficient (Wildman–Crippen LogP) is 1.85. The summed E-state index contributed by atoms with van der Waals surface area (Å²) in [7, 11) is -3.19. The highest BCUT2D eigenvalue weighted by molar-refractivity contribution is 7.93. The minimum Gasteiger partial charge on any atom is -0.379 e. The van der Waals surface area contributed by atoms with Crippen molar-refractivity contribution in [1.82, 2.24) is 10.2 Å². The van der Waals surface area contributed by atoms with E-state index in [0.29, 0.717) is 30.9 Å². The van der Waals surface area contributed by atoms with E-state index in [4.69, 9.17) is 4.74 Å². The molecule has 2 saturated heterocycles. The summed E-state index contributed by atoms with van der Waals surface area (Å²) in [4.78, 5) is 14.7. The van der Waals surface area contributed by atoms with Crippen LogP contribution in [0.15, 0.2) is 24.3 Å². The van der Waals surface area contributed by atoms with E-state index in [9.17, 15) is 13.2 Å². The average Bonchev–Trinajstić information content (AvgIpc) is 3.06. The third kappa shape index (κ3) is 4.76. The van der Waals surface area contributed by atoms with E-state index in [1.807, 2.05) is 0 Å². The van der Waals surface area contributed by atoms with Crippen LogP contribution in [-0.2, 0) is 14.8 Å². The molecular formula is C19H30N4O4S. The van der Waals surface area contributed by atoms with Crippen molar-refractivity contribution in [3.8, 4) is 0 Å². The first-order chi connectivity index (χ1) is 13.3. The summed E-state index contributed by atoms with van der Waals surface area (Å²) in [5, 5.41) is 5.78. The summed E-state index contributed by atoms with van der Waals surface area (Å²) in [6.07, 6.45) is 1.57. The second kappa shape index (κ2) is 8.67. The molecule has 2 heterocycles. The number of rotatable bonds is 6. The Morgan fingerprint density at radius 2 is 1.86 bits per heavy atom. The topological polar surface area (TPSA) is 91.0 Å². The zero-order valence-corrected chi connectivity index (χ0v) is 17.4. The Hall–Kier alpha value is -1.84. The molecule has 1 unspecified atom stereocenters. The third-order valence-electron chi connectivity index (χ3n) is 5.68. The van der Waals surface area contributed by atoms with Gasteiger partial charge in [-0.15, -0.1) is 0 Å². The van der Waals surface area contributed by atoms with Crippen LogP contribution in [0.2, 0.25) is 0 Å². The van der Waals surface area contributed by atoms with Crippen LogP contribution in [0.25, 0.3) is 0 Å². The maximum absolute atomic E-state index is 12.3. The predicted molar refractivity (Wildman–Crippen MR) is 110 cm³/mol. The molecule has 0 aromatic heterocycles. The fraction of sp³-hybridized carbons (Fsp3) is 0.632. The van der Waals surface area contributed by atoms with Crippen molar-refractivity contribution in [2.24, 2.45) is 0 Å². The maximum Gasteiger partial charge on any atom is 0.319 e. The number of hydrogen-bond acceptors (Lipinski definition) is 5. The van der Waals surface area contributed by atoms with E-state index in [2.05, 4.69) is 29.4 Å². The average molecular weight is 411 g/mol. The molecule has 0 aliphatic carbocycles. The minimum atomic E-state index is -3.19. The van der Waals surface area contributed by atoms with Crippen LogP contribution in [0.5, 0.6) is 0 Å². The number of urea groups is 1. The lowest BCUT2D eigenvalue weighted by molar-refractivity contribution is -0.0163. The first-order valence-corrected chi connectivity index (χ1v) is 11.4. The van der Waals surface area contributed by atoms with Crippen molar-refractivity contribution in [3.63, 3.8) is 0 Å². The molecule has 1 atom stereocenters. The molecule has 9 heteroatoms. The Morgan fingerprint density at radius 3 is 2.43 bits per heavy atom. The van der Waals surface area contributed by atoms with Crippen molar-refractivity contribution in [2.75, 3.05) is 54.8 Å². The molecule has 1 aromatic carbocycles. The number of nitrogens with zero attached hydrogens (tertiary/aromatic N) is 2. The van der Waals surface area contributed by atoms with Gasteiger partial charge in [-0.3, -0.25) is 9.21 Å². The largest absolute Gasteiger partial charge is 0.379 e. The maximum atomic E-state index is 12.3. The zero-order chi connectivity index (χ0) is 20.2. The minimum absolute atomic E-state index is 0.116. The van der Waals surface area contributed by atoms with Crippen LogP contribution in [0, 0.1) is 0 Å². The number of hydrogen-bond donors (Lipinski definition) is 2. The van der Waals surface area contributed by atoms with Crippen molar-refractivity contribution in [1.29, 1.82) is 0 Å². The SMILES string of the molecule is CCC(C)(CNC(=O)Nc1ccc(N2CCCS2(=O)=O)cc1)N1CCOCC1. The number of carbonyl (C=O) groups excluding carboxylic acids is 1. The number of nitrogens with one attached hydrogen (secondary N) is 2. The Morgan fingerprint density at radius 1 is 1.18 bits per heavy atom. The Balaban J connectivity index is 1.54. The van der Waals surface area contributed by atoms with E-state index in [1.165, 1.54) is 4.31 Å². The second-order valence-electron chi connectivity index (χ2n) is 7.55. The lowest BCUT2D eigenvalue weighted by Gasteiger charge is -2.43. The highest BCUT2D eigenvalue weighted by Crippen LogP contribution is 2.25. The van der Waals surface area contributed by atoms with Crippen LogP contribution >= 0.6 is 0 Å². The molecule has 8 nitrogen and oxygen atoms in total. The lowest BCUT2D eigenvalue weighted by Crippen LogP contribution is -2.57. The van der Waals surface area contributed by atoms with Gasteiger partial charge in [-0.2, -0.15) is 0 Å². The van der Waals surface area contributed by atoms with Gasteiger partial charge in [0, 0.05) is 37.4 Å². The van der Waals surface area contributed by atoms with Crippen molar-refractivity contribution >= 4 is 27.4 Å². The third-order valence-corrected chi connectivity index (χ3v) is 7.55. The molecule has 2 N–H and O–H groups in total. The molecule has 0 saturated carbocycles. The smallest absolute Gasteiger partial charge is 0.319 e. The van der Waals surface area contributed by atoms with Gasteiger partial charge in [-0.1, -0.05) is 6.92 Å². The van der Waals surface area contributed by atoms with E-state index in [0.717, 1.165) is 32.7 Å². The number of ether oxygens (including phenoxy) is 1. The van der Waals surface area contributed by atoms with E-state index in [1.54, 1.807) is 24.3 Å². The van der Waals surface area contributed by atoms with Crippen LogP contribution in [0.4, 0.5) is 16.2 Å². The molecule has 0 bridgehead atoms. The quantitative estimate of drug-likeness (QED) is 0.747. The number of morpholine rings is 1. The van der Waals surface area contributed by atoms with Gasteiger partial charge >= 0.3 is 6.03 Å². The molecular weight excluding hydrogens is 380 g/mol. The summed E-state index contributed by atoms with van der Waals surface area (Å²) < 4.78 is 30.8. The highest BCUT2D eigenvalue weighted by atomic mass is 32.2. The van der Waals surface area contributed by atoms with Crippen LogP contribution in [0.1, 0.15) is 26.7 Å². The number of amides is 2. The Labute approximate surface area is 167 Å². The molecule has 3 rings (SSSR count). The van der Waals surface area contributed by atoms with Gasteiger partial charge < -0.3 is 15.4 Å². The Bertz CT molecular complexity index is 778. The number of sulfonamides is 1. The van der Waals surface area contributed by atoms with Gasteiger partial charge in [-0.25, -0.2) is 13.2 Å². The molecule has 2 amide bonds. The van der Waals surface area contributed by atoms with Gasteiger partial charge in [0.2, 0.25) is 10.0 Å². The lowest BCUT2D eigenvalue weighted by atomic mass is 9.95. The first-order valence-electron chi connectivity index (χ1n) is 9.82.